The molecule has 0 fully saturated rings. The van der Waals surface area contributed by atoms with E-state index in [-0.39, 0.29) is 10.9 Å². The lowest BCUT2D eigenvalue weighted by atomic mass is 10.3. The van der Waals surface area contributed by atoms with Crippen molar-refractivity contribution in [2.24, 2.45) is 5.73 Å². The first-order valence-electron chi connectivity index (χ1n) is 5.47. The van der Waals surface area contributed by atoms with Crippen molar-refractivity contribution >= 4 is 17.7 Å². The first-order valence-corrected chi connectivity index (χ1v) is 6.46. The fourth-order valence-electron chi connectivity index (χ4n) is 1.51. The standard InChI is InChI=1S/C12H10FN3O3S/c13-7-1-3-8(4-2-7)16-11(19)5-10(18)15-12(16)20-6-9(14)17/h1-5,18H,6H2,(H2,14,17). The molecule has 1 heterocycles. The van der Waals surface area contributed by atoms with Crippen LogP contribution in [0.2, 0.25) is 0 Å². The summed E-state index contributed by atoms with van der Waals surface area (Å²) in [7, 11) is 0. The summed E-state index contributed by atoms with van der Waals surface area (Å²) in [5.74, 6) is -1.59. The van der Waals surface area contributed by atoms with Gasteiger partial charge in [-0.2, -0.15) is 4.98 Å². The number of rotatable bonds is 4. The van der Waals surface area contributed by atoms with E-state index in [4.69, 9.17) is 5.73 Å². The molecule has 20 heavy (non-hydrogen) atoms. The zero-order valence-electron chi connectivity index (χ0n) is 10.1. The van der Waals surface area contributed by atoms with Crippen LogP contribution in [0, 0.1) is 5.82 Å². The summed E-state index contributed by atoms with van der Waals surface area (Å²) in [5.41, 5.74) is 4.86. The maximum absolute atomic E-state index is 12.9. The highest BCUT2D eigenvalue weighted by molar-refractivity contribution is 7.99. The maximum atomic E-state index is 12.9. The molecule has 1 aromatic carbocycles. The predicted molar refractivity (Wildman–Crippen MR) is 71.4 cm³/mol. The molecule has 0 aliphatic heterocycles. The smallest absolute Gasteiger partial charge is 0.262 e. The molecule has 0 aliphatic rings. The van der Waals surface area contributed by atoms with Crippen molar-refractivity contribution in [3.63, 3.8) is 0 Å². The average Bonchev–Trinajstić information content (AvgIpc) is 2.37. The van der Waals surface area contributed by atoms with E-state index < -0.39 is 23.2 Å². The van der Waals surface area contributed by atoms with Crippen LogP contribution in [0.3, 0.4) is 0 Å². The third-order valence-electron chi connectivity index (χ3n) is 2.30. The minimum atomic E-state index is -0.585. The number of nitrogens with two attached hydrogens (primary N) is 1. The van der Waals surface area contributed by atoms with Crippen LogP contribution >= 0.6 is 11.8 Å². The normalized spacial score (nSPS) is 10.4. The zero-order chi connectivity index (χ0) is 14.7. The highest BCUT2D eigenvalue weighted by atomic mass is 32.2. The summed E-state index contributed by atoms with van der Waals surface area (Å²) in [6, 6.07) is 6.10. The Hall–Kier alpha value is -2.35. The molecule has 8 heteroatoms. The number of amides is 1. The van der Waals surface area contributed by atoms with Crippen molar-refractivity contribution in [3.8, 4) is 11.6 Å². The van der Waals surface area contributed by atoms with Gasteiger partial charge in [0.15, 0.2) is 5.16 Å². The fraction of sp³-hybridized carbons (Fsp3) is 0.0833. The van der Waals surface area contributed by atoms with Crippen molar-refractivity contribution in [1.29, 1.82) is 0 Å². The molecule has 6 nitrogen and oxygen atoms in total. The molecule has 0 unspecified atom stereocenters. The summed E-state index contributed by atoms with van der Waals surface area (Å²) in [6.45, 7) is 0. The van der Waals surface area contributed by atoms with Crippen LogP contribution in [0.4, 0.5) is 4.39 Å². The Kier molecular flexibility index (Phi) is 4.04. The number of thioether (sulfide) groups is 1. The van der Waals surface area contributed by atoms with Gasteiger partial charge in [-0.1, -0.05) is 11.8 Å². The van der Waals surface area contributed by atoms with Gasteiger partial charge in [-0.25, -0.2) is 4.39 Å². The SMILES string of the molecule is NC(=O)CSc1nc(O)cc(=O)n1-c1ccc(F)cc1. The van der Waals surface area contributed by atoms with Crippen LogP contribution in [0.1, 0.15) is 0 Å². The van der Waals surface area contributed by atoms with Crippen LogP contribution in [-0.4, -0.2) is 26.3 Å². The van der Waals surface area contributed by atoms with Gasteiger partial charge < -0.3 is 10.8 Å². The maximum Gasteiger partial charge on any atom is 0.262 e. The molecular weight excluding hydrogens is 285 g/mol. The number of nitrogens with zero attached hydrogens (tertiary/aromatic N) is 2. The van der Waals surface area contributed by atoms with E-state index in [0.717, 1.165) is 22.4 Å². The Bertz CT molecular complexity index is 700. The number of hydrogen-bond acceptors (Lipinski definition) is 5. The Morgan fingerprint density at radius 3 is 2.65 bits per heavy atom. The number of primary amides is 1. The van der Waals surface area contributed by atoms with E-state index >= 15 is 0 Å². The lowest BCUT2D eigenvalue weighted by molar-refractivity contribution is -0.115. The molecule has 0 saturated heterocycles. The largest absolute Gasteiger partial charge is 0.493 e. The third-order valence-corrected chi connectivity index (χ3v) is 3.26. The quantitative estimate of drug-likeness (QED) is 0.637. The van der Waals surface area contributed by atoms with E-state index in [2.05, 4.69) is 4.98 Å². The Labute approximate surface area is 117 Å². The monoisotopic (exact) mass is 295 g/mol. The topological polar surface area (TPSA) is 98.2 Å². The second-order valence-corrected chi connectivity index (χ2v) is 4.74. The fourth-order valence-corrected chi connectivity index (χ4v) is 2.26. The summed E-state index contributed by atoms with van der Waals surface area (Å²) < 4.78 is 14.1. The molecule has 1 aromatic heterocycles. The lowest BCUT2D eigenvalue weighted by Crippen LogP contribution is -2.21. The van der Waals surface area contributed by atoms with E-state index in [0.29, 0.717) is 5.69 Å². The molecular formula is C12H10FN3O3S. The Morgan fingerprint density at radius 1 is 1.40 bits per heavy atom. The third kappa shape index (κ3) is 3.15. The predicted octanol–water partition coefficient (Wildman–Crippen LogP) is 0.655. The van der Waals surface area contributed by atoms with E-state index in [1.807, 2.05) is 0 Å². The van der Waals surface area contributed by atoms with Gasteiger partial charge >= 0.3 is 0 Å². The summed E-state index contributed by atoms with van der Waals surface area (Å²) in [4.78, 5) is 26.5. The molecule has 3 N–H and O–H groups in total. The van der Waals surface area contributed by atoms with Crippen LogP contribution in [0.25, 0.3) is 5.69 Å². The molecule has 0 aliphatic carbocycles. The Balaban J connectivity index is 2.52. The van der Waals surface area contributed by atoms with E-state index in [1.165, 1.54) is 24.3 Å². The van der Waals surface area contributed by atoms with Gasteiger partial charge in [-0.05, 0) is 24.3 Å². The van der Waals surface area contributed by atoms with Crippen LogP contribution in [0.5, 0.6) is 5.88 Å². The Morgan fingerprint density at radius 2 is 2.05 bits per heavy atom. The van der Waals surface area contributed by atoms with Gasteiger partial charge in [0.25, 0.3) is 5.56 Å². The molecule has 0 spiro atoms. The minimum Gasteiger partial charge on any atom is -0.493 e. The van der Waals surface area contributed by atoms with Crippen LogP contribution in [0.15, 0.2) is 40.3 Å². The molecule has 0 saturated carbocycles. The summed E-state index contributed by atoms with van der Waals surface area (Å²) in [5, 5.41) is 9.46. The molecule has 2 aromatic rings. The van der Waals surface area contributed by atoms with Crippen LogP contribution in [-0.2, 0) is 4.79 Å². The van der Waals surface area contributed by atoms with Crippen molar-refractivity contribution in [3.05, 3.63) is 46.5 Å². The number of benzene rings is 1. The van der Waals surface area contributed by atoms with Crippen molar-refractivity contribution in [2.75, 3.05) is 5.75 Å². The van der Waals surface area contributed by atoms with E-state index in [9.17, 15) is 19.1 Å². The molecule has 1 amide bonds. The van der Waals surface area contributed by atoms with Crippen molar-refractivity contribution < 1.29 is 14.3 Å². The van der Waals surface area contributed by atoms with Gasteiger partial charge in [-0.15, -0.1) is 0 Å². The highest BCUT2D eigenvalue weighted by Crippen LogP contribution is 2.20. The van der Waals surface area contributed by atoms with Gasteiger partial charge in [0.2, 0.25) is 11.8 Å². The van der Waals surface area contributed by atoms with Gasteiger partial charge in [-0.3, -0.25) is 14.2 Å². The second-order valence-electron chi connectivity index (χ2n) is 3.80. The number of hydrogen-bond donors (Lipinski definition) is 2. The second kappa shape index (κ2) is 5.74. The first kappa shape index (κ1) is 14.1. The molecule has 0 radical (unpaired) electrons. The number of halogens is 1. The van der Waals surface area contributed by atoms with Gasteiger partial charge in [0.1, 0.15) is 5.82 Å². The van der Waals surface area contributed by atoms with Gasteiger partial charge in [0.05, 0.1) is 17.5 Å². The van der Waals surface area contributed by atoms with E-state index in [1.54, 1.807) is 0 Å². The zero-order valence-corrected chi connectivity index (χ0v) is 10.9. The molecule has 0 bridgehead atoms. The van der Waals surface area contributed by atoms with Crippen molar-refractivity contribution in [2.45, 2.75) is 5.16 Å². The minimum absolute atomic E-state index is 0.0976. The number of carbonyl (C=O) groups excluding carboxylic acids is 1. The highest BCUT2D eigenvalue weighted by Gasteiger charge is 2.12. The molecule has 0 atom stereocenters. The average molecular weight is 295 g/mol. The number of carbonyl (C=O) groups is 1. The van der Waals surface area contributed by atoms with Crippen molar-refractivity contribution in [1.82, 2.24) is 9.55 Å². The summed E-state index contributed by atoms with van der Waals surface area (Å²) >= 11 is 0.906. The number of aromatic nitrogens is 2. The van der Waals surface area contributed by atoms with Gasteiger partial charge in [0, 0.05) is 0 Å². The molecule has 104 valence electrons. The molecule has 2 rings (SSSR count). The lowest BCUT2D eigenvalue weighted by Gasteiger charge is -2.10. The number of aromatic hydroxyl groups is 1. The first-order chi connectivity index (χ1) is 9.47. The summed E-state index contributed by atoms with van der Waals surface area (Å²) in [6.07, 6.45) is 0. The van der Waals surface area contributed by atoms with Crippen LogP contribution < -0.4 is 11.3 Å².